The van der Waals surface area contributed by atoms with Gasteiger partial charge in [-0.25, -0.2) is 19.4 Å². The highest BCUT2D eigenvalue weighted by atomic mass is 17.2. The molecule has 0 aliphatic carbocycles. The van der Waals surface area contributed by atoms with Crippen LogP contribution in [0.3, 0.4) is 0 Å². The number of Topliss-reactive ketones (excluding diaryl/α,β-unsaturated/α-hetero) is 1. The van der Waals surface area contributed by atoms with Crippen LogP contribution in [0.2, 0.25) is 0 Å². The smallest absolute Gasteiger partial charge is 0.287 e. The number of hydrogen-bond donors (Lipinski definition) is 0. The van der Waals surface area contributed by atoms with E-state index >= 15 is 0 Å². The van der Waals surface area contributed by atoms with Crippen molar-refractivity contribution >= 4 is 17.7 Å². The van der Waals surface area contributed by atoms with Gasteiger partial charge in [0, 0.05) is 6.42 Å². The van der Waals surface area contributed by atoms with E-state index in [1.165, 1.54) is 148 Å². The van der Waals surface area contributed by atoms with Crippen LogP contribution in [0.25, 0.3) is 0 Å². The molecule has 0 bridgehead atoms. The maximum atomic E-state index is 12.6. The third-order valence-corrected chi connectivity index (χ3v) is 9.33. The summed E-state index contributed by atoms with van der Waals surface area (Å²) < 4.78 is 0. The molecular weight excluding hydrogens is 560 g/mol. The van der Waals surface area contributed by atoms with Crippen LogP contribution < -0.4 is 0 Å². The first-order valence-electron chi connectivity index (χ1n) is 20.0. The minimum absolute atomic E-state index is 0.159. The van der Waals surface area contributed by atoms with Crippen molar-refractivity contribution in [3.8, 4) is 0 Å². The predicted molar refractivity (Wildman–Crippen MR) is 190 cm³/mol. The molecule has 0 N–H and O–H groups in total. The van der Waals surface area contributed by atoms with Crippen LogP contribution in [-0.4, -0.2) is 17.7 Å². The molecule has 0 aliphatic rings. The molecule has 0 rings (SSSR count). The predicted octanol–water partition coefficient (Wildman–Crippen LogP) is 13.1. The summed E-state index contributed by atoms with van der Waals surface area (Å²) >= 11 is 0. The SMILES string of the molecule is CCCCCCCCCCCCCCCCC(=O)C(=O)OOC(=O)C(CCCC)CCCCCCCCCCCCCCCC. The fourth-order valence-corrected chi connectivity index (χ4v) is 6.19. The van der Waals surface area contributed by atoms with Gasteiger partial charge in [0.05, 0.1) is 5.92 Å². The summed E-state index contributed by atoms with van der Waals surface area (Å²) in [6.07, 6.45) is 39.2. The summed E-state index contributed by atoms with van der Waals surface area (Å²) in [6.45, 7) is 6.63. The van der Waals surface area contributed by atoms with Crippen molar-refractivity contribution in [2.24, 2.45) is 5.92 Å². The molecule has 1 atom stereocenters. The molecule has 45 heavy (non-hydrogen) atoms. The highest BCUT2D eigenvalue weighted by Crippen LogP contribution is 2.20. The zero-order valence-electron chi connectivity index (χ0n) is 30.5. The normalized spacial score (nSPS) is 11.9. The summed E-state index contributed by atoms with van der Waals surface area (Å²) in [4.78, 5) is 46.4. The quantitative estimate of drug-likeness (QED) is 0.0299. The molecule has 5 nitrogen and oxygen atoms in total. The van der Waals surface area contributed by atoms with Crippen LogP contribution in [0.1, 0.15) is 233 Å². The Balaban J connectivity index is 3.84. The Morgan fingerprint density at radius 2 is 0.689 bits per heavy atom. The monoisotopic (exact) mass is 637 g/mol. The fourth-order valence-electron chi connectivity index (χ4n) is 6.19. The first-order valence-corrected chi connectivity index (χ1v) is 20.0. The van der Waals surface area contributed by atoms with E-state index < -0.39 is 17.7 Å². The Bertz CT molecular complexity index is 661. The van der Waals surface area contributed by atoms with Gasteiger partial charge in [-0.1, -0.05) is 207 Å². The largest absolute Gasteiger partial charge is 0.421 e. The number of rotatable bonds is 35. The van der Waals surface area contributed by atoms with Crippen LogP contribution in [0.4, 0.5) is 0 Å². The summed E-state index contributed by atoms with van der Waals surface area (Å²) in [5, 5.41) is 0. The Morgan fingerprint density at radius 1 is 0.378 bits per heavy atom. The van der Waals surface area contributed by atoms with Crippen molar-refractivity contribution in [2.45, 2.75) is 233 Å². The molecular formula is C40H76O5. The highest BCUT2D eigenvalue weighted by Gasteiger charge is 2.24. The van der Waals surface area contributed by atoms with Gasteiger partial charge in [0.1, 0.15) is 0 Å². The number of carbonyl (C=O) groups excluding carboxylic acids is 3. The van der Waals surface area contributed by atoms with Crippen molar-refractivity contribution < 1.29 is 24.2 Å². The van der Waals surface area contributed by atoms with Gasteiger partial charge in [0.15, 0.2) is 0 Å². The van der Waals surface area contributed by atoms with Crippen molar-refractivity contribution in [3.63, 3.8) is 0 Å². The highest BCUT2D eigenvalue weighted by molar-refractivity contribution is 6.33. The van der Waals surface area contributed by atoms with Gasteiger partial charge in [-0.3, -0.25) is 4.79 Å². The summed E-state index contributed by atoms with van der Waals surface area (Å²) in [7, 11) is 0. The molecule has 1 unspecified atom stereocenters. The van der Waals surface area contributed by atoms with E-state index in [-0.39, 0.29) is 12.3 Å². The van der Waals surface area contributed by atoms with E-state index in [4.69, 9.17) is 4.89 Å². The molecule has 0 aromatic rings. The number of carbonyl (C=O) groups is 3. The van der Waals surface area contributed by atoms with E-state index in [1.54, 1.807) is 0 Å². The topological polar surface area (TPSA) is 69.7 Å². The molecule has 0 heterocycles. The molecule has 0 aromatic heterocycles. The zero-order chi connectivity index (χ0) is 33.1. The molecule has 0 amide bonds. The van der Waals surface area contributed by atoms with Crippen LogP contribution >= 0.6 is 0 Å². The van der Waals surface area contributed by atoms with Crippen LogP contribution in [0.5, 0.6) is 0 Å². The number of unbranched alkanes of at least 4 members (excludes halogenated alkanes) is 27. The second-order valence-corrected chi connectivity index (χ2v) is 13.8. The average molecular weight is 637 g/mol. The molecule has 0 saturated heterocycles. The van der Waals surface area contributed by atoms with E-state index in [0.717, 1.165) is 51.4 Å². The van der Waals surface area contributed by atoms with Crippen LogP contribution in [0.15, 0.2) is 0 Å². The lowest BCUT2D eigenvalue weighted by Gasteiger charge is -2.14. The zero-order valence-corrected chi connectivity index (χ0v) is 30.5. The Morgan fingerprint density at radius 3 is 1.07 bits per heavy atom. The van der Waals surface area contributed by atoms with Crippen LogP contribution in [0, 0.1) is 5.92 Å². The Kier molecular flexibility index (Phi) is 34.4. The summed E-state index contributed by atoms with van der Waals surface area (Å²) in [5.74, 6) is -2.41. The van der Waals surface area contributed by atoms with Gasteiger partial charge in [-0.05, 0) is 19.3 Å². The number of hydrogen-bond acceptors (Lipinski definition) is 5. The van der Waals surface area contributed by atoms with E-state index in [2.05, 4.69) is 25.7 Å². The fraction of sp³-hybridized carbons (Fsp3) is 0.925. The van der Waals surface area contributed by atoms with Crippen molar-refractivity contribution in [3.05, 3.63) is 0 Å². The maximum absolute atomic E-state index is 12.6. The standard InChI is InChI=1S/C40H76O5/c1-4-7-10-12-14-16-18-20-22-24-26-28-30-32-35-37(34-9-6-3)39(42)44-45-40(43)38(41)36-33-31-29-27-25-23-21-19-17-15-13-11-8-5-2/h37H,4-36H2,1-3H3. The summed E-state index contributed by atoms with van der Waals surface area (Å²) in [5.41, 5.74) is 0. The van der Waals surface area contributed by atoms with E-state index in [0.29, 0.717) is 6.42 Å². The molecule has 0 spiro atoms. The number of ketones is 1. The van der Waals surface area contributed by atoms with Crippen molar-refractivity contribution in [1.82, 2.24) is 0 Å². The average Bonchev–Trinajstić information content (AvgIpc) is 3.04. The maximum Gasteiger partial charge on any atom is 0.421 e. The lowest BCUT2D eigenvalue weighted by atomic mass is 9.95. The Hall–Kier alpha value is -1.39. The van der Waals surface area contributed by atoms with Gasteiger partial charge >= 0.3 is 11.9 Å². The lowest BCUT2D eigenvalue weighted by molar-refractivity contribution is -0.260. The molecule has 0 fully saturated rings. The lowest BCUT2D eigenvalue weighted by Crippen LogP contribution is -2.23. The molecule has 266 valence electrons. The third kappa shape index (κ3) is 31.0. The van der Waals surface area contributed by atoms with E-state index in [1.807, 2.05) is 0 Å². The first kappa shape index (κ1) is 43.6. The van der Waals surface area contributed by atoms with Crippen LogP contribution in [-0.2, 0) is 24.2 Å². The van der Waals surface area contributed by atoms with Gasteiger partial charge in [0.25, 0.3) is 0 Å². The molecule has 0 aliphatic heterocycles. The minimum Gasteiger partial charge on any atom is -0.287 e. The minimum atomic E-state index is -1.04. The second-order valence-electron chi connectivity index (χ2n) is 13.8. The first-order chi connectivity index (χ1) is 22.1. The van der Waals surface area contributed by atoms with Crippen molar-refractivity contribution in [2.75, 3.05) is 0 Å². The third-order valence-electron chi connectivity index (χ3n) is 9.33. The second kappa shape index (κ2) is 35.5. The molecule has 0 radical (unpaired) electrons. The molecule has 0 aromatic carbocycles. The van der Waals surface area contributed by atoms with Gasteiger partial charge < -0.3 is 0 Å². The van der Waals surface area contributed by atoms with Gasteiger partial charge in [-0.15, -0.1) is 0 Å². The molecule has 5 heteroatoms. The Labute approximate surface area is 280 Å². The van der Waals surface area contributed by atoms with Gasteiger partial charge in [0.2, 0.25) is 5.78 Å². The van der Waals surface area contributed by atoms with Crippen molar-refractivity contribution in [1.29, 1.82) is 0 Å². The molecule has 0 saturated carbocycles. The summed E-state index contributed by atoms with van der Waals surface area (Å²) in [6, 6.07) is 0. The van der Waals surface area contributed by atoms with Gasteiger partial charge in [-0.2, -0.15) is 0 Å². The van der Waals surface area contributed by atoms with E-state index in [9.17, 15) is 14.4 Å².